The lowest BCUT2D eigenvalue weighted by molar-refractivity contribution is 0.0450. The average Bonchev–Trinajstić information content (AvgIpc) is 2.14. The molecule has 0 unspecified atom stereocenters. The Kier molecular flexibility index (Phi) is 16.0. The molecule has 0 heterocycles. The van der Waals surface area contributed by atoms with Crippen LogP contribution in [0.5, 0.6) is 0 Å². The van der Waals surface area contributed by atoms with Crippen LogP contribution in [0.25, 0.3) is 0 Å². The topological polar surface area (TPSA) is 82.0 Å². The quantitative estimate of drug-likeness (QED) is 0.319. The molecule has 0 bridgehead atoms. The maximum absolute atomic E-state index is 8.17. The second-order valence-corrected chi connectivity index (χ2v) is 1.95. The van der Waals surface area contributed by atoms with Crippen LogP contribution in [0.3, 0.4) is 0 Å². The van der Waals surface area contributed by atoms with Gasteiger partial charge in [0.15, 0.2) is 0 Å². The second-order valence-electron chi connectivity index (χ2n) is 1.95. The minimum absolute atomic E-state index is 0.365. The molecule has 0 radical (unpaired) electrons. The third kappa shape index (κ3) is 16.4. The molecule has 0 spiro atoms. The Morgan fingerprint density at radius 1 is 1.25 bits per heavy atom. The van der Waals surface area contributed by atoms with Gasteiger partial charge in [-0.15, -0.1) is 0 Å². The maximum Gasteiger partial charge on any atom is 0.100 e. The first-order chi connectivity index (χ1) is 5.72. The SMILES string of the molecule is CCNOCC.OCC(O)CO. The smallest absolute Gasteiger partial charge is 0.100 e. The van der Waals surface area contributed by atoms with Crippen molar-refractivity contribution in [2.24, 2.45) is 0 Å². The van der Waals surface area contributed by atoms with Crippen molar-refractivity contribution < 1.29 is 20.2 Å². The fraction of sp³-hybridized carbons (Fsp3) is 1.00. The molecule has 0 aliphatic heterocycles. The molecule has 4 N–H and O–H groups in total. The summed E-state index contributed by atoms with van der Waals surface area (Å²) in [5, 5.41) is 24.0. The van der Waals surface area contributed by atoms with Crippen molar-refractivity contribution in [2.45, 2.75) is 20.0 Å². The van der Waals surface area contributed by atoms with E-state index < -0.39 is 6.10 Å². The Bertz CT molecular complexity index is 64.4. The van der Waals surface area contributed by atoms with Gasteiger partial charge in [-0.2, -0.15) is 0 Å². The van der Waals surface area contributed by atoms with E-state index in [9.17, 15) is 0 Å². The number of hydrogen-bond acceptors (Lipinski definition) is 5. The van der Waals surface area contributed by atoms with Gasteiger partial charge in [0.2, 0.25) is 0 Å². The minimum atomic E-state index is -0.954. The molecule has 0 fully saturated rings. The Labute approximate surface area is 72.9 Å². The van der Waals surface area contributed by atoms with Crippen LogP contribution in [0, 0.1) is 0 Å². The Morgan fingerprint density at radius 3 is 1.83 bits per heavy atom. The van der Waals surface area contributed by atoms with Gasteiger partial charge in [-0.1, -0.05) is 6.92 Å². The number of rotatable bonds is 5. The van der Waals surface area contributed by atoms with Crippen LogP contribution in [0.1, 0.15) is 13.8 Å². The molecular formula is C7H19NO4. The van der Waals surface area contributed by atoms with Crippen LogP contribution in [0.15, 0.2) is 0 Å². The molecule has 0 rings (SSSR count). The van der Waals surface area contributed by atoms with Gasteiger partial charge in [0.25, 0.3) is 0 Å². The fourth-order valence-corrected chi connectivity index (χ4v) is 0.262. The Morgan fingerprint density at radius 2 is 1.75 bits per heavy atom. The van der Waals surface area contributed by atoms with Gasteiger partial charge in [-0.05, 0) is 6.92 Å². The predicted molar refractivity (Wildman–Crippen MR) is 45.5 cm³/mol. The van der Waals surface area contributed by atoms with Crippen LogP contribution < -0.4 is 5.48 Å². The largest absolute Gasteiger partial charge is 0.394 e. The molecule has 76 valence electrons. The normalized spacial score (nSPS) is 9.50. The lowest BCUT2D eigenvalue weighted by Gasteiger charge is -1.96. The molecule has 0 aliphatic carbocycles. The molecule has 0 aliphatic rings. The number of nitrogens with one attached hydrogen (secondary N) is 1. The molecule has 0 saturated heterocycles. The van der Waals surface area contributed by atoms with E-state index in [1.165, 1.54) is 0 Å². The van der Waals surface area contributed by atoms with Crippen molar-refractivity contribution in [3.63, 3.8) is 0 Å². The first-order valence-corrected chi connectivity index (χ1v) is 3.97. The summed E-state index contributed by atoms with van der Waals surface area (Å²) in [7, 11) is 0. The first-order valence-electron chi connectivity index (χ1n) is 3.97. The highest BCUT2D eigenvalue weighted by Gasteiger charge is 1.93. The van der Waals surface area contributed by atoms with Crippen LogP contribution in [-0.4, -0.2) is 47.8 Å². The Balaban J connectivity index is 0. The van der Waals surface area contributed by atoms with Gasteiger partial charge in [-0.3, -0.25) is 0 Å². The zero-order chi connectivity index (χ0) is 9.82. The molecule has 5 nitrogen and oxygen atoms in total. The summed E-state index contributed by atoms with van der Waals surface area (Å²) in [6, 6.07) is 0. The van der Waals surface area contributed by atoms with E-state index in [2.05, 4.69) is 5.48 Å². The summed E-state index contributed by atoms with van der Waals surface area (Å²) in [6.07, 6.45) is -0.954. The van der Waals surface area contributed by atoms with Crippen LogP contribution >= 0.6 is 0 Å². The van der Waals surface area contributed by atoms with E-state index >= 15 is 0 Å². The van der Waals surface area contributed by atoms with Crippen LogP contribution in [-0.2, 0) is 4.84 Å². The molecule has 0 aromatic rings. The molecule has 0 atom stereocenters. The standard InChI is InChI=1S/C4H11NO.C3H8O3/c1-3-5-6-4-2;4-1-3(6)2-5/h5H,3-4H2,1-2H3;3-6H,1-2H2. The summed E-state index contributed by atoms with van der Waals surface area (Å²) >= 11 is 0. The zero-order valence-corrected chi connectivity index (χ0v) is 7.66. The first kappa shape index (κ1) is 14.3. The van der Waals surface area contributed by atoms with Gasteiger partial charge in [0, 0.05) is 6.54 Å². The highest BCUT2D eigenvalue weighted by molar-refractivity contribution is 4.43. The third-order valence-electron chi connectivity index (χ3n) is 0.812. The van der Waals surface area contributed by atoms with Crippen LogP contribution in [0.2, 0.25) is 0 Å². The molecule has 0 aromatic carbocycles. The van der Waals surface area contributed by atoms with E-state index in [-0.39, 0.29) is 13.2 Å². The van der Waals surface area contributed by atoms with E-state index in [1.54, 1.807) is 0 Å². The molecule has 0 amide bonds. The van der Waals surface area contributed by atoms with Crippen molar-refractivity contribution in [1.29, 1.82) is 0 Å². The van der Waals surface area contributed by atoms with Gasteiger partial charge in [0.1, 0.15) is 6.10 Å². The van der Waals surface area contributed by atoms with Gasteiger partial charge in [-0.25, -0.2) is 5.48 Å². The fourth-order valence-electron chi connectivity index (χ4n) is 0.262. The number of hydroxylamine groups is 1. The van der Waals surface area contributed by atoms with E-state index in [0.717, 1.165) is 13.2 Å². The minimum Gasteiger partial charge on any atom is -0.394 e. The molecule has 5 heteroatoms. The van der Waals surface area contributed by atoms with Crippen molar-refractivity contribution >= 4 is 0 Å². The lowest BCUT2D eigenvalue weighted by Crippen LogP contribution is -2.15. The van der Waals surface area contributed by atoms with Crippen molar-refractivity contribution in [3.8, 4) is 0 Å². The molecule has 0 aromatic heterocycles. The predicted octanol–water partition coefficient (Wildman–Crippen LogP) is -1.12. The summed E-state index contributed by atoms with van der Waals surface area (Å²) < 4.78 is 0. The number of hydrogen-bond donors (Lipinski definition) is 4. The highest BCUT2D eigenvalue weighted by Crippen LogP contribution is 1.71. The van der Waals surface area contributed by atoms with Gasteiger partial charge >= 0.3 is 0 Å². The molecule has 12 heavy (non-hydrogen) atoms. The average molecular weight is 181 g/mol. The van der Waals surface area contributed by atoms with E-state index in [0.29, 0.717) is 0 Å². The van der Waals surface area contributed by atoms with Gasteiger partial charge < -0.3 is 20.2 Å². The Hall–Kier alpha value is -0.200. The molecular weight excluding hydrogens is 162 g/mol. The summed E-state index contributed by atoms with van der Waals surface area (Å²) in [6.45, 7) is 4.84. The van der Waals surface area contributed by atoms with Gasteiger partial charge in [0.05, 0.1) is 19.8 Å². The monoisotopic (exact) mass is 181 g/mol. The summed E-state index contributed by atoms with van der Waals surface area (Å²) in [4.78, 5) is 4.73. The highest BCUT2D eigenvalue weighted by atomic mass is 16.6. The summed E-state index contributed by atoms with van der Waals surface area (Å²) in [5.74, 6) is 0. The zero-order valence-electron chi connectivity index (χ0n) is 7.66. The van der Waals surface area contributed by atoms with E-state index in [1.807, 2.05) is 13.8 Å². The maximum atomic E-state index is 8.17. The molecule has 0 saturated carbocycles. The second kappa shape index (κ2) is 13.4. The van der Waals surface area contributed by atoms with Crippen molar-refractivity contribution in [2.75, 3.05) is 26.4 Å². The number of aliphatic hydroxyl groups excluding tert-OH is 3. The third-order valence-corrected chi connectivity index (χ3v) is 0.812. The number of aliphatic hydroxyl groups is 3. The van der Waals surface area contributed by atoms with E-state index in [4.69, 9.17) is 20.2 Å². The lowest BCUT2D eigenvalue weighted by atomic mass is 10.4. The van der Waals surface area contributed by atoms with Crippen molar-refractivity contribution in [3.05, 3.63) is 0 Å². The summed E-state index contributed by atoms with van der Waals surface area (Å²) in [5.41, 5.74) is 2.70. The van der Waals surface area contributed by atoms with Crippen molar-refractivity contribution in [1.82, 2.24) is 5.48 Å². The van der Waals surface area contributed by atoms with Crippen LogP contribution in [0.4, 0.5) is 0 Å².